The Hall–Kier alpha value is -0.220. The molecule has 1 aliphatic carbocycles. The van der Waals surface area contributed by atoms with Gasteiger partial charge in [0, 0.05) is 17.8 Å². The molecule has 0 spiro atoms. The molecule has 18 heavy (non-hydrogen) atoms. The van der Waals surface area contributed by atoms with E-state index in [2.05, 4.69) is 31.4 Å². The largest absolute Gasteiger partial charge is 0.354 e. The highest BCUT2D eigenvalue weighted by Crippen LogP contribution is 2.30. The molecule has 0 aromatic heterocycles. The molecule has 0 aliphatic heterocycles. The van der Waals surface area contributed by atoms with Crippen LogP contribution in [-0.2, 0) is 4.79 Å². The summed E-state index contributed by atoms with van der Waals surface area (Å²) in [5, 5.41) is 7.19. The zero-order valence-electron chi connectivity index (χ0n) is 12.2. The minimum Gasteiger partial charge on any atom is -0.354 e. The normalized spacial score (nSPS) is 25.4. The van der Waals surface area contributed by atoms with Crippen molar-refractivity contribution in [2.75, 3.05) is 12.3 Å². The van der Waals surface area contributed by atoms with E-state index in [-0.39, 0.29) is 11.9 Å². The molecular formula is C14H28N2OS. The number of thioether (sulfide) groups is 1. The molecule has 0 bridgehead atoms. The second-order valence-electron chi connectivity index (χ2n) is 5.56. The van der Waals surface area contributed by atoms with Crippen molar-refractivity contribution in [1.29, 1.82) is 0 Å². The molecule has 3 unspecified atom stereocenters. The number of rotatable bonds is 7. The number of amides is 1. The van der Waals surface area contributed by atoms with E-state index >= 15 is 0 Å². The molecule has 1 saturated carbocycles. The van der Waals surface area contributed by atoms with E-state index in [9.17, 15) is 4.79 Å². The summed E-state index contributed by atoms with van der Waals surface area (Å²) in [5.41, 5.74) is 0. The maximum Gasteiger partial charge on any atom is 0.236 e. The third-order valence-corrected chi connectivity index (χ3v) is 4.70. The standard InChI is InChI=1S/C14H28N2OS/c1-5-18-13-8-6-7-12(13)16-11(4)14(17)15-9-10(2)3/h10-13,16H,5-9H2,1-4H3,(H,15,17). The fraction of sp³-hybridized carbons (Fsp3) is 0.929. The Labute approximate surface area is 116 Å². The first-order valence-corrected chi connectivity index (χ1v) is 8.24. The van der Waals surface area contributed by atoms with Gasteiger partial charge in [0.15, 0.2) is 0 Å². The van der Waals surface area contributed by atoms with Gasteiger partial charge in [-0.1, -0.05) is 27.2 Å². The third-order valence-electron chi connectivity index (χ3n) is 3.38. The maximum absolute atomic E-state index is 11.9. The van der Waals surface area contributed by atoms with Gasteiger partial charge in [-0.3, -0.25) is 4.79 Å². The Morgan fingerprint density at radius 1 is 1.33 bits per heavy atom. The van der Waals surface area contributed by atoms with Crippen LogP contribution in [0.1, 0.15) is 47.0 Å². The van der Waals surface area contributed by atoms with Crippen molar-refractivity contribution in [3.05, 3.63) is 0 Å². The summed E-state index contributed by atoms with van der Waals surface area (Å²) in [5.74, 6) is 1.81. The van der Waals surface area contributed by atoms with E-state index < -0.39 is 0 Å². The van der Waals surface area contributed by atoms with Crippen LogP contribution < -0.4 is 10.6 Å². The van der Waals surface area contributed by atoms with Gasteiger partial charge in [0.25, 0.3) is 0 Å². The molecule has 0 aromatic carbocycles. The molecule has 1 fully saturated rings. The van der Waals surface area contributed by atoms with Crippen LogP contribution in [0, 0.1) is 5.92 Å². The van der Waals surface area contributed by atoms with Crippen molar-refractivity contribution in [1.82, 2.24) is 10.6 Å². The highest BCUT2D eigenvalue weighted by atomic mass is 32.2. The van der Waals surface area contributed by atoms with E-state index in [0.717, 1.165) is 12.3 Å². The van der Waals surface area contributed by atoms with E-state index in [1.54, 1.807) is 0 Å². The van der Waals surface area contributed by atoms with Crippen molar-refractivity contribution < 1.29 is 4.79 Å². The average molecular weight is 272 g/mol. The molecule has 2 N–H and O–H groups in total. The van der Waals surface area contributed by atoms with Gasteiger partial charge in [-0.25, -0.2) is 0 Å². The second kappa shape index (κ2) is 8.05. The molecule has 4 heteroatoms. The first-order chi connectivity index (χ1) is 8.54. The monoisotopic (exact) mass is 272 g/mol. The van der Waals surface area contributed by atoms with Crippen LogP contribution in [0.5, 0.6) is 0 Å². The van der Waals surface area contributed by atoms with Gasteiger partial charge in [0.05, 0.1) is 6.04 Å². The molecule has 0 aromatic rings. The SMILES string of the molecule is CCSC1CCCC1NC(C)C(=O)NCC(C)C. The summed E-state index contributed by atoms with van der Waals surface area (Å²) in [6.45, 7) is 9.18. The van der Waals surface area contributed by atoms with Crippen LogP contribution in [0.2, 0.25) is 0 Å². The molecule has 1 aliphatic rings. The molecule has 0 radical (unpaired) electrons. The fourth-order valence-corrected chi connectivity index (χ4v) is 3.59. The minimum absolute atomic E-state index is 0.0770. The van der Waals surface area contributed by atoms with E-state index in [1.807, 2.05) is 18.7 Å². The number of hydrogen-bond donors (Lipinski definition) is 2. The quantitative estimate of drug-likeness (QED) is 0.748. The smallest absolute Gasteiger partial charge is 0.236 e. The maximum atomic E-state index is 11.9. The van der Waals surface area contributed by atoms with Gasteiger partial charge in [-0.05, 0) is 31.4 Å². The highest BCUT2D eigenvalue weighted by Gasteiger charge is 2.29. The molecular weight excluding hydrogens is 244 g/mol. The molecule has 0 heterocycles. The van der Waals surface area contributed by atoms with Gasteiger partial charge in [-0.2, -0.15) is 11.8 Å². The third kappa shape index (κ3) is 5.19. The fourth-order valence-electron chi connectivity index (χ4n) is 2.38. The first-order valence-electron chi connectivity index (χ1n) is 7.20. The van der Waals surface area contributed by atoms with Crippen LogP contribution in [0.3, 0.4) is 0 Å². The number of nitrogens with one attached hydrogen (secondary N) is 2. The molecule has 0 saturated heterocycles. The Kier molecular flexibility index (Phi) is 7.08. The predicted octanol–water partition coefficient (Wildman–Crippen LogP) is 2.41. The van der Waals surface area contributed by atoms with Crippen LogP contribution in [-0.4, -0.2) is 35.5 Å². The summed E-state index contributed by atoms with van der Waals surface area (Å²) in [7, 11) is 0. The van der Waals surface area contributed by atoms with Crippen LogP contribution in [0.25, 0.3) is 0 Å². The van der Waals surface area contributed by atoms with E-state index in [4.69, 9.17) is 0 Å². The van der Waals surface area contributed by atoms with Crippen LogP contribution >= 0.6 is 11.8 Å². The van der Waals surface area contributed by atoms with Gasteiger partial charge in [0.1, 0.15) is 0 Å². The molecule has 1 rings (SSSR count). The predicted molar refractivity (Wildman–Crippen MR) is 80.0 cm³/mol. The van der Waals surface area contributed by atoms with Gasteiger partial charge < -0.3 is 10.6 Å². The lowest BCUT2D eigenvalue weighted by atomic mass is 10.2. The molecule has 3 nitrogen and oxygen atoms in total. The highest BCUT2D eigenvalue weighted by molar-refractivity contribution is 7.99. The molecule has 1 amide bonds. The van der Waals surface area contributed by atoms with Crippen LogP contribution in [0.15, 0.2) is 0 Å². The summed E-state index contributed by atoms with van der Waals surface area (Å²) in [6, 6.07) is 0.432. The van der Waals surface area contributed by atoms with Gasteiger partial charge in [-0.15, -0.1) is 0 Å². The zero-order chi connectivity index (χ0) is 13.5. The number of carbonyl (C=O) groups excluding carboxylic acids is 1. The lowest BCUT2D eigenvalue weighted by molar-refractivity contribution is -0.123. The molecule has 106 valence electrons. The number of carbonyl (C=O) groups is 1. The summed E-state index contributed by atoms with van der Waals surface area (Å²) in [4.78, 5) is 11.9. The first kappa shape index (κ1) is 15.8. The van der Waals surface area contributed by atoms with Crippen molar-refractivity contribution in [3.8, 4) is 0 Å². The van der Waals surface area contributed by atoms with E-state index in [1.165, 1.54) is 19.3 Å². The summed E-state index contributed by atoms with van der Waals surface area (Å²) >= 11 is 2.02. The van der Waals surface area contributed by atoms with Crippen molar-refractivity contribution >= 4 is 17.7 Å². The second-order valence-corrected chi connectivity index (χ2v) is 7.07. The minimum atomic E-state index is -0.0770. The number of hydrogen-bond acceptors (Lipinski definition) is 3. The van der Waals surface area contributed by atoms with Crippen molar-refractivity contribution in [3.63, 3.8) is 0 Å². The Balaban J connectivity index is 2.33. The van der Waals surface area contributed by atoms with Gasteiger partial charge >= 0.3 is 0 Å². The molecule has 3 atom stereocenters. The van der Waals surface area contributed by atoms with Crippen LogP contribution in [0.4, 0.5) is 0 Å². The average Bonchev–Trinajstić information content (AvgIpc) is 2.74. The Bertz CT molecular complexity index is 258. The van der Waals surface area contributed by atoms with Crippen molar-refractivity contribution in [2.45, 2.75) is 64.3 Å². The lowest BCUT2D eigenvalue weighted by Gasteiger charge is -2.24. The van der Waals surface area contributed by atoms with Gasteiger partial charge in [0.2, 0.25) is 5.91 Å². The Morgan fingerprint density at radius 3 is 2.67 bits per heavy atom. The topological polar surface area (TPSA) is 41.1 Å². The summed E-state index contributed by atoms with van der Waals surface area (Å²) in [6.07, 6.45) is 3.78. The lowest BCUT2D eigenvalue weighted by Crippen LogP contribution is -2.49. The Morgan fingerprint density at radius 2 is 2.06 bits per heavy atom. The van der Waals surface area contributed by atoms with E-state index in [0.29, 0.717) is 17.2 Å². The van der Waals surface area contributed by atoms with Crippen molar-refractivity contribution in [2.24, 2.45) is 5.92 Å². The summed E-state index contributed by atoms with van der Waals surface area (Å²) < 4.78 is 0. The zero-order valence-corrected chi connectivity index (χ0v) is 13.0.